The van der Waals surface area contributed by atoms with Crippen molar-refractivity contribution >= 4 is 5.97 Å². The SMILES string of the molecule is CCC1CCCCC1OC(=O)[C@@H]1C[C@@H](O)CN1. The number of aliphatic hydroxyl groups excluding tert-OH is 1. The zero-order valence-electron chi connectivity index (χ0n) is 10.5. The number of carbonyl (C=O) groups excluding carboxylic acids is 1. The van der Waals surface area contributed by atoms with E-state index >= 15 is 0 Å². The second kappa shape index (κ2) is 5.83. The van der Waals surface area contributed by atoms with E-state index in [2.05, 4.69) is 12.2 Å². The summed E-state index contributed by atoms with van der Waals surface area (Å²) < 4.78 is 5.61. The molecule has 2 unspecified atom stereocenters. The number of hydrogen-bond acceptors (Lipinski definition) is 4. The first-order chi connectivity index (χ1) is 8.20. The van der Waals surface area contributed by atoms with E-state index < -0.39 is 6.10 Å². The van der Waals surface area contributed by atoms with Gasteiger partial charge in [0.2, 0.25) is 0 Å². The van der Waals surface area contributed by atoms with Crippen LogP contribution in [0.5, 0.6) is 0 Å². The zero-order chi connectivity index (χ0) is 12.3. The molecule has 0 radical (unpaired) electrons. The van der Waals surface area contributed by atoms with Crippen molar-refractivity contribution in [3.63, 3.8) is 0 Å². The van der Waals surface area contributed by atoms with Gasteiger partial charge in [-0.3, -0.25) is 4.79 Å². The fourth-order valence-electron chi connectivity index (χ4n) is 2.92. The van der Waals surface area contributed by atoms with E-state index in [4.69, 9.17) is 4.74 Å². The van der Waals surface area contributed by atoms with Gasteiger partial charge < -0.3 is 15.2 Å². The van der Waals surface area contributed by atoms with Gasteiger partial charge in [0.1, 0.15) is 12.1 Å². The maximum atomic E-state index is 11.9. The van der Waals surface area contributed by atoms with E-state index in [0.29, 0.717) is 18.9 Å². The number of ether oxygens (including phenoxy) is 1. The van der Waals surface area contributed by atoms with E-state index in [9.17, 15) is 9.90 Å². The van der Waals surface area contributed by atoms with E-state index in [1.54, 1.807) is 0 Å². The van der Waals surface area contributed by atoms with Crippen LogP contribution in [0, 0.1) is 5.92 Å². The Balaban J connectivity index is 1.84. The summed E-state index contributed by atoms with van der Waals surface area (Å²) in [6, 6.07) is -0.301. The summed E-state index contributed by atoms with van der Waals surface area (Å²) in [6.45, 7) is 2.66. The van der Waals surface area contributed by atoms with Crippen LogP contribution in [0.25, 0.3) is 0 Å². The number of β-amino-alcohol motifs (C(OH)–C–C–N with tert-alkyl or cyclic N) is 1. The molecule has 0 bridgehead atoms. The fourth-order valence-corrected chi connectivity index (χ4v) is 2.92. The van der Waals surface area contributed by atoms with Crippen LogP contribution in [0.2, 0.25) is 0 Å². The molecule has 1 aliphatic heterocycles. The third-order valence-electron chi connectivity index (χ3n) is 4.02. The topological polar surface area (TPSA) is 58.6 Å². The highest BCUT2D eigenvalue weighted by Crippen LogP contribution is 2.29. The van der Waals surface area contributed by atoms with Crippen molar-refractivity contribution < 1.29 is 14.6 Å². The quantitative estimate of drug-likeness (QED) is 0.729. The first-order valence-electron chi connectivity index (χ1n) is 6.82. The number of hydrogen-bond donors (Lipinski definition) is 2. The fraction of sp³-hybridized carbons (Fsp3) is 0.923. The standard InChI is InChI=1S/C13H23NO3/c1-2-9-5-3-4-6-12(9)17-13(16)11-7-10(15)8-14-11/h9-12,14-15H,2-8H2,1H3/t9?,10-,11+,12?/m1/s1. The highest BCUT2D eigenvalue weighted by Gasteiger charge is 2.33. The van der Waals surface area contributed by atoms with Gasteiger partial charge >= 0.3 is 5.97 Å². The van der Waals surface area contributed by atoms with E-state index in [-0.39, 0.29) is 18.1 Å². The highest BCUT2D eigenvalue weighted by molar-refractivity contribution is 5.76. The van der Waals surface area contributed by atoms with Gasteiger partial charge in [-0.05, 0) is 31.6 Å². The number of carbonyl (C=O) groups is 1. The minimum absolute atomic E-state index is 0.0980. The monoisotopic (exact) mass is 241 g/mol. The van der Waals surface area contributed by atoms with Crippen molar-refractivity contribution in [3.05, 3.63) is 0 Å². The highest BCUT2D eigenvalue weighted by atomic mass is 16.5. The Morgan fingerprint density at radius 3 is 2.82 bits per heavy atom. The lowest BCUT2D eigenvalue weighted by molar-refractivity contribution is -0.156. The molecule has 4 heteroatoms. The first kappa shape index (κ1) is 12.8. The van der Waals surface area contributed by atoms with Crippen LogP contribution < -0.4 is 5.32 Å². The molecule has 4 atom stereocenters. The van der Waals surface area contributed by atoms with Crippen LogP contribution in [0.4, 0.5) is 0 Å². The maximum absolute atomic E-state index is 11.9. The Morgan fingerprint density at radius 2 is 2.18 bits per heavy atom. The Bertz CT molecular complexity index is 269. The maximum Gasteiger partial charge on any atom is 0.323 e. The van der Waals surface area contributed by atoms with Crippen LogP contribution in [-0.4, -0.2) is 35.9 Å². The summed E-state index contributed by atoms with van der Waals surface area (Å²) in [6.07, 6.45) is 5.86. The lowest BCUT2D eigenvalue weighted by Gasteiger charge is -2.31. The average Bonchev–Trinajstić information content (AvgIpc) is 2.77. The lowest BCUT2D eigenvalue weighted by atomic mass is 9.85. The predicted octanol–water partition coefficient (Wildman–Crippen LogP) is 1.22. The molecule has 2 fully saturated rings. The second-order valence-corrected chi connectivity index (χ2v) is 5.28. The molecule has 2 N–H and O–H groups in total. The molecular formula is C13H23NO3. The van der Waals surface area contributed by atoms with Gasteiger partial charge in [-0.15, -0.1) is 0 Å². The number of nitrogens with one attached hydrogen (secondary N) is 1. The normalized spacial score (nSPS) is 38.0. The summed E-state index contributed by atoms with van der Waals surface area (Å²) in [7, 11) is 0. The van der Waals surface area contributed by atoms with Crippen LogP contribution in [0.15, 0.2) is 0 Å². The van der Waals surface area contributed by atoms with Crippen LogP contribution in [-0.2, 0) is 9.53 Å². The number of esters is 1. The number of rotatable bonds is 3. The van der Waals surface area contributed by atoms with Crippen molar-refractivity contribution in [2.75, 3.05) is 6.54 Å². The molecule has 0 aromatic carbocycles. The molecule has 0 aromatic rings. The van der Waals surface area contributed by atoms with Crippen molar-refractivity contribution in [3.8, 4) is 0 Å². The van der Waals surface area contributed by atoms with Gasteiger partial charge in [0.15, 0.2) is 0 Å². The third-order valence-corrected chi connectivity index (χ3v) is 4.02. The molecular weight excluding hydrogens is 218 g/mol. The summed E-state index contributed by atoms with van der Waals surface area (Å²) in [5, 5.41) is 12.4. The Morgan fingerprint density at radius 1 is 1.41 bits per heavy atom. The minimum Gasteiger partial charge on any atom is -0.461 e. The van der Waals surface area contributed by atoms with Gasteiger partial charge in [-0.25, -0.2) is 0 Å². The van der Waals surface area contributed by atoms with Gasteiger partial charge in [-0.2, -0.15) is 0 Å². The van der Waals surface area contributed by atoms with Crippen LogP contribution >= 0.6 is 0 Å². The zero-order valence-corrected chi connectivity index (χ0v) is 10.5. The predicted molar refractivity (Wildman–Crippen MR) is 64.5 cm³/mol. The smallest absolute Gasteiger partial charge is 0.323 e. The summed E-state index contributed by atoms with van der Waals surface area (Å²) >= 11 is 0. The van der Waals surface area contributed by atoms with E-state index in [0.717, 1.165) is 19.3 Å². The van der Waals surface area contributed by atoms with Crippen molar-refractivity contribution in [2.24, 2.45) is 5.92 Å². The van der Waals surface area contributed by atoms with Crippen LogP contribution in [0.3, 0.4) is 0 Å². The molecule has 1 saturated carbocycles. The van der Waals surface area contributed by atoms with E-state index in [1.165, 1.54) is 12.8 Å². The van der Waals surface area contributed by atoms with Gasteiger partial charge in [0, 0.05) is 13.0 Å². The van der Waals surface area contributed by atoms with Crippen molar-refractivity contribution in [1.82, 2.24) is 5.32 Å². The molecule has 98 valence electrons. The van der Waals surface area contributed by atoms with Gasteiger partial charge in [0.25, 0.3) is 0 Å². The summed E-state index contributed by atoms with van der Waals surface area (Å²) in [5.74, 6) is 0.353. The molecule has 17 heavy (non-hydrogen) atoms. The first-order valence-corrected chi connectivity index (χ1v) is 6.82. The Kier molecular flexibility index (Phi) is 4.40. The third kappa shape index (κ3) is 3.19. The molecule has 4 nitrogen and oxygen atoms in total. The molecule has 0 aromatic heterocycles. The summed E-state index contributed by atoms with van der Waals surface area (Å²) in [5.41, 5.74) is 0. The molecule has 1 saturated heterocycles. The second-order valence-electron chi connectivity index (χ2n) is 5.28. The van der Waals surface area contributed by atoms with Crippen molar-refractivity contribution in [1.29, 1.82) is 0 Å². The molecule has 1 aliphatic carbocycles. The molecule has 0 amide bonds. The largest absolute Gasteiger partial charge is 0.461 e. The molecule has 2 aliphatic rings. The van der Waals surface area contributed by atoms with Crippen LogP contribution in [0.1, 0.15) is 45.4 Å². The Hall–Kier alpha value is -0.610. The number of aliphatic hydroxyl groups is 1. The van der Waals surface area contributed by atoms with E-state index in [1.807, 2.05) is 0 Å². The lowest BCUT2D eigenvalue weighted by Crippen LogP contribution is -2.38. The van der Waals surface area contributed by atoms with Gasteiger partial charge in [0.05, 0.1) is 6.10 Å². The molecule has 2 rings (SSSR count). The minimum atomic E-state index is -0.402. The summed E-state index contributed by atoms with van der Waals surface area (Å²) in [4.78, 5) is 11.9. The molecule has 1 heterocycles. The van der Waals surface area contributed by atoms with Crippen molar-refractivity contribution in [2.45, 2.75) is 63.7 Å². The average molecular weight is 241 g/mol. The van der Waals surface area contributed by atoms with Gasteiger partial charge in [-0.1, -0.05) is 13.3 Å². The molecule has 0 spiro atoms. The Labute approximate surface area is 103 Å².